The van der Waals surface area contributed by atoms with Gasteiger partial charge in [0.1, 0.15) is 11.4 Å². The number of hydrogen-bond donors (Lipinski definition) is 1. The first-order valence-electron chi connectivity index (χ1n) is 9.63. The monoisotopic (exact) mass is 418 g/mol. The SMILES string of the molecule is C[C@H](NC(=O)OC(C)(C)C)c1cc2cccc(Cl)c2nc1N1CCN(C)C(=O)C1. The molecule has 1 N–H and O–H groups in total. The summed E-state index contributed by atoms with van der Waals surface area (Å²) in [6.45, 7) is 8.81. The van der Waals surface area contributed by atoms with Crippen LogP contribution in [0.25, 0.3) is 10.9 Å². The third-order valence-electron chi connectivity index (χ3n) is 4.76. The van der Waals surface area contributed by atoms with Gasteiger partial charge in [-0.1, -0.05) is 23.7 Å². The first kappa shape index (κ1) is 21.2. The van der Waals surface area contributed by atoms with Crippen LogP contribution in [0.15, 0.2) is 24.3 Å². The molecule has 0 radical (unpaired) electrons. The molecule has 2 aromatic rings. The summed E-state index contributed by atoms with van der Waals surface area (Å²) in [6.07, 6.45) is -0.503. The Morgan fingerprint density at radius 2 is 2.03 bits per heavy atom. The van der Waals surface area contributed by atoms with Gasteiger partial charge in [-0.15, -0.1) is 0 Å². The molecule has 1 atom stereocenters. The number of halogens is 1. The van der Waals surface area contributed by atoms with E-state index in [1.165, 1.54) is 0 Å². The van der Waals surface area contributed by atoms with E-state index in [-0.39, 0.29) is 18.5 Å². The van der Waals surface area contributed by atoms with Crippen molar-refractivity contribution in [2.75, 3.05) is 31.6 Å². The number of alkyl carbamates (subject to hydrolysis) is 1. The van der Waals surface area contributed by atoms with E-state index in [1.807, 2.05) is 50.8 Å². The lowest BCUT2D eigenvalue weighted by atomic mass is 10.0. The number of likely N-dealkylation sites (N-methyl/N-ethyl adjacent to an activating group) is 1. The summed E-state index contributed by atoms with van der Waals surface area (Å²) in [5, 5.41) is 4.29. The number of nitrogens with one attached hydrogen (secondary N) is 1. The molecule has 2 amide bonds. The van der Waals surface area contributed by atoms with E-state index in [2.05, 4.69) is 5.32 Å². The molecular formula is C21H27ClN4O3. The molecular weight excluding hydrogens is 392 g/mol. The third-order valence-corrected chi connectivity index (χ3v) is 5.07. The highest BCUT2D eigenvalue weighted by Crippen LogP contribution is 2.32. The van der Waals surface area contributed by atoms with Crippen molar-refractivity contribution >= 4 is 40.3 Å². The Balaban J connectivity index is 2.00. The smallest absolute Gasteiger partial charge is 0.408 e. The highest BCUT2D eigenvalue weighted by atomic mass is 35.5. The third kappa shape index (κ3) is 4.90. The maximum atomic E-state index is 12.3. The molecule has 3 rings (SSSR count). The molecule has 1 aliphatic rings. The molecule has 1 aromatic heterocycles. The molecule has 156 valence electrons. The van der Waals surface area contributed by atoms with Gasteiger partial charge in [0, 0.05) is 31.1 Å². The summed E-state index contributed by atoms with van der Waals surface area (Å²) in [6, 6.07) is 7.18. The summed E-state index contributed by atoms with van der Waals surface area (Å²) < 4.78 is 5.39. The fourth-order valence-electron chi connectivity index (χ4n) is 3.24. The second-order valence-corrected chi connectivity index (χ2v) is 8.72. The van der Waals surface area contributed by atoms with Crippen LogP contribution in [0.4, 0.5) is 10.6 Å². The summed E-state index contributed by atoms with van der Waals surface area (Å²) in [5.41, 5.74) is 0.887. The standard InChI is InChI=1S/C21H27ClN4O3/c1-13(23-20(28)29-21(2,3)4)15-11-14-7-6-8-16(22)18(14)24-19(15)26-10-9-25(5)17(27)12-26/h6-8,11,13H,9-10,12H2,1-5H3,(H,23,28)/t13-/m0/s1. The zero-order chi connectivity index (χ0) is 21.3. The van der Waals surface area contributed by atoms with Crippen LogP contribution < -0.4 is 10.2 Å². The highest BCUT2D eigenvalue weighted by molar-refractivity contribution is 6.35. The maximum Gasteiger partial charge on any atom is 0.408 e. The van der Waals surface area contributed by atoms with Gasteiger partial charge in [0.05, 0.1) is 23.1 Å². The van der Waals surface area contributed by atoms with Gasteiger partial charge >= 0.3 is 6.09 Å². The Morgan fingerprint density at radius 3 is 2.69 bits per heavy atom. The molecule has 1 saturated heterocycles. The number of fused-ring (bicyclic) bond motifs is 1. The first-order valence-corrected chi connectivity index (χ1v) is 10.0. The summed E-state index contributed by atoms with van der Waals surface area (Å²) in [7, 11) is 1.79. The number of aromatic nitrogens is 1. The number of anilines is 1. The molecule has 1 aromatic carbocycles. The van der Waals surface area contributed by atoms with Crippen LogP contribution in [0.1, 0.15) is 39.3 Å². The lowest BCUT2D eigenvalue weighted by Gasteiger charge is -2.34. The number of amides is 2. The van der Waals surface area contributed by atoms with Crippen LogP contribution in [0.5, 0.6) is 0 Å². The number of pyridine rings is 1. The quantitative estimate of drug-likeness (QED) is 0.821. The van der Waals surface area contributed by atoms with E-state index < -0.39 is 11.7 Å². The second kappa shape index (κ2) is 8.06. The number of ether oxygens (including phenoxy) is 1. The van der Waals surface area contributed by atoms with E-state index in [0.29, 0.717) is 29.4 Å². The van der Waals surface area contributed by atoms with Crippen molar-refractivity contribution in [3.63, 3.8) is 0 Å². The zero-order valence-electron chi connectivity index (χ0n) is 17.5. The van der Waals surface area contributed by atoms with Crippen molar-refractivity contribution in [3.8, 4) is 0 Å². The van der Waals surface area contributed by atoms with E-state index in [9.17, 15) is 9.59 Å². The van der Waals surface area contributed by atoms with Crippen molar-refractivity contribution in [1.82, 2.24) is 15.2 Å². The molecule has 0 saturated carbocycles. The number of piperazine rings is 1. The first-order chi connectivity index (χ1) is 13.5. The molecule has 0 bridgehead atoms. The molecule has 0 aliphatic carbocycles. The van der Waals surface area contributed by atoms with E-state index in [4.69, 9.17) is 21.3 Å². The number of carbonyl (C=O) groups is 2. The highest BCUT2D eigenvalue weighted by Gasteiger charge is 2.27. The number of carbonyl (C=O) groups excluding carboxylic acids is 2. The van der Waals surface area contributed by atoms with Gasteiger partial charge in [-0.2, -0.15) is 0 Å². The zero-order valence-corrected chi connectivity index (χ0v) is 18.2. The van der Waals surface area contributed by atoms with Crippen LogP contribution in [0.3, 0.4) is 0 Å². The van der Waals surface area contributed by atoms with Crippen molar-refractivity contribution in [3.05, 3.63) is 34.9 Å². The molecule has 2 heterocycles. The fourth-order valence-corrected chi connectivity index (χ4v) is 3.47. The number of nitrogens with zero attached hydrogens (tertiary/aromatic N) is 3. The minimum atomic E-state index is -0.592. The van der Waals surface area contributed by atoms with Crippen LogP contribution in [-0.4, -0.2) is 54.2 Å². The Hall–Kier alpha value is -2.54. The Bertz CT molecular complexity index is 941. The minimum Gasteiger partial charge on any atom is -0.444 e. The molecule has 8 heteroatoms. The fraction of sp³-hybridized carbons (Fsp3) is 0.476. The van der Waals surface area contributed by atoms with Gasteiger partial charge in [-0.05, 0) is 39.8 Å². The van der Waals surface area contributed by atoms with E-state index >= 15 is 0 Å². The summed E-state index contributed by atoms with van der Waals surface area (Å²) in [5.74, 6) is 0.673. The number of benzene rings is 1. The van der Waals surface area contributed by atoms with Gasteiger partial charge < -0.3 is 19.9 Å². The summed E-state index contributed by atoms with van der Waals surface area (Å²) in [4.78, 5) is 33.0. The second-order valence-electron chi connectivity index (χ2n) is 8.32. The van der Waals surface area contributed by atoms with Crippen LogP contribution in [0.2, 0.25) is 5.02 Å². The van der Waals surface area contributed by atoms with Gasteiger partial charge in [0.15, 0.2) is 0 Å². The normalized spacial score (nSPS) is 16.1. The van der Waals surface area contributed by atoms with Crippen LogP contribution >= 0.6 is 11.6 Å². The molecule has 1 fully saturated rings. The van der Waals surface area contributed by atoms with Gasteiger partial charge in [0.2, 0.25) is 5.91 Å². The topological polar surface area (TPSA) is 74.8 Å². The molecule has 7 nitrogen and oxygen atoms in total. The molecule has 1 aliphatic heterocycles. The van der Waals surface area contributed by atoms with E-state index in [1.54, 1.807) is 18.0 Å². The van der Waals surface area contributed by atoms with Crippen molar-refractivity contribution < 1.29 is 14.3 Å². The van der Waals surface area contributed by atoms with Gasteiger partial charge in [0.25, 0.3) is 0 Å². The number of rotatable bonds is 3. The molecule has 0 unspecified atom stereocenters. The van der Waals surface area contributed by atoms with Gasteiger partial charge in [-0.25, -0.2) is 9.78 Å². The minimum absolute atomic E-state index is 0.0241. The van der Waals surface area contributed by atoms with Gasteiger partial charge in [-0.3, -0.25) is 4.79 Å². The number of para-hydroxylation sites is 1. The Kier molecular flexibility index (Phi) is 5.89. The largest absolute Gasteiger partial charge is 0.444 e. The number of hydrogen-bond acceptors (Lipinski definition) is 5. The van der Waals surface area contributed by atoms with Crippen LogP contribution in [0, 0.1) is 0 Å². The summed E-state index contributed by atoms with van der Waals surface area (Å²) >= 11 is 6.36. The Morgan fingerprint density at radius 1 is 1.31 bits per heavy atom. The lowest BCUT2D eigenvalue weighted by Crippen LogP contribution is -2.49. The Labute approximate surface area is 176 Å². The average molecular weight is 419 g/mol. The van der Waals surface area contributed by atoms with Crippen molar-refractivity contribution in [1.29, 1.82) is 0 Å². The molecule has 29 heavy (non-hydrogen) atoms. The average Bonchev–Trinajstić information content (AvgIpc) is 2.61. The van der Waals surface area contributed by atoms with Crippen LogP contribution in [-0.2, 0) is 9.53 Å². The molecule has 0 spiro atoms. The lowest BCUT2D eigenvalue weighted by molar-refractivity contribution is -0.129. The predicted molar refractivity (Wildman–Crippen MR) is 114 cm³/mol. The van der Waals surface area contributed by atoms with Crippen molar-refractivity contribution in [2.45, 2.75) is 39.3 Å². The van der Waals surface area contributed by atoms with Crippen molar-refractivity contribution in [2.24, 2.45) is 0 Å². The maximum absolute atomic E-state index is 12.3. The predicted octanol–water partition coefficient (Wildman–Crippen LogP) is 3.75. The van der Waals surface area contributed by atoms with E-state index in [0.717, 1.165) is 10.9 Å².